The van der Waals surface area contributed by atoms with Crippen LogP contribution in [0.5, 0.6) is 0 Å². The lowest BCUT2D eigenvalue weighted by molar-refractivity contribution is -0.401. The molecule has 0 aromatic heterocycles. The van der Waals surface area contributed by atoms with Crippen molar-refractivity contribution < 1.29 is 14.2 Å². The molecule has 1 unspecified atom stereocenters. The highest BCUT2D eigenvalue weighted by atomic mass is 32.2. The van der Waals surface area contributed by atoms with E-state index in [9.17, 15) is 9.59 Å². The molecule has 0 N–H and O–H groups in total. The number of hydrogen-bond donors (Lipinski definition) is 0. The zero-order chi connectivity index (χ0) is 11.7. The van der Waals surface area contributed by atoms with Gasteiger partial charge in [0.2, 0.25) is 0 Å². The van der Waals surface area contributed by atoms with Crippen LogP contribution in [0.1, 0.15) is 0 Å². The Morgan fingerprint density at radius 3 is 2.62 bits per heavy atom. The molecule has 1 fully saturated rings. The molecule has 0 saturated carbocycles. The number of likely N-dealkylation sites (N-methyl/N-ethyl adjacent to an activating group) is 1. The molecule has 88 valence electrons. The van der Waals surface area contributed by atoms with E-state index in [0.29, 0.717) is 0 Å². The van der Waals surface area contributed by atoms with Crippen molar-refractivity contribution in [3.8, 4) is 0 Å². The zero-order valence-electron chi connectivity index (χ0n) is 9.55. The van der Waals surface area contributed by atoms with E-state index in [1.165, 1.54) is 9.48 Å². The molecule has 2 aliphatic rings. The summed E-state index contributed by atoms with van der Waals surface area (Å²) < 4.78 is 1.49. The molecule has 1 atom stereocenters. The lowest BCUT2D eigenvalue weighted by Crippen LogP contribution is -2.58. The van der Waals surface area contributed by atoms with Crippen LogP contribution in [-0.4, -0.2) is 77.3 Å². The van der Waals surface area contributed by atoms with Crippen molar-refractivity contribution in [1.82, 2.24) is 9.80 Å². The van der Waals surface area contributed by atoms with Gasteiger partial charge in [0.15, 0.2) is 6.04 Å². The summed E-state index contributed by atoms with van der Waals surface area (Å²) in [6.07, 6.45) is 1.72. The topological polar surface area (TPSA) is 43.6 Å². The number of carbonyl (C=O) groups is 2. The summed E-state index contributed by atoms with van der Waals surface area (Å²) in [6, 6.07) is -0.527. The fraction of sp³-hybridized carbons (Fsp3) is 0.700. The molecule has 0 aromatic rings. The largest absolute Gasteiger partial charge is 0.500 e. The summed E-state index contributed by atoms with van der Waals surface area (Å²) in [7, 11) is 3.23. The van der Waals surface area contributed by atoms with Crippen molar-refractivity contribution in [2.45, 2.75) is 6.04 Å². The molecular weight excluding hydrogens is 226 g/mol. The molecule has 16 heavy (non-hydrogen) atoms. The van der Waals surface area contributed by atoms with Crippen LogP contribution in [0.3, 0.4) is 0 Å². The molecule has 5 nitrogen and oxygen atoms in total. The Morgan fingerprint density at radius 2 is 2.00 bits per heavy atom. The maximum atomic E-state index is 12.0. The third-order valence-electron chi connectivity index (χ3n) is 2.98. The van der Waals surface area contributed by atoms with Gasteiger partial charge in [-0.3, -0.25) is 4.90 Å². The van der Waals surface area contributed by atoms with Crippen LogP contribution < -0.4 is 0 Å². The lowest BCUT2D eigenvalue weighted by atomic mass is 10.2. The first kappa shape index (κ1) is 11.6. The standard InChI is InChI=1S/C10H16N3O2S/c1-11-7-8(9(14)12(2)10(11)15)13-3-5-16-6-4-13/h7-8H,3-6H2,1-2H3/q+1. The average molecular weight is 242 g/mol. The molecule has 2 aliphatic heterocycles. The third-order valence-corrected chi connectivity index (χ3v) is 3.92. The van der Waals surface area contributed by atoms with E-state index >= 15 is 0 Å². The van der Waals surface area contributed by atoms with Gasteiger partial charge in [-0.05, 0) is 0 Å². The molecule has 0 spiro atoms. The predicted octanol–water partition coefficient (Wildman–Crippen LogP) is -0.291. The SMILES string of the molecule is CN1C(=O)C(N2CCSCC2)C=[N+](C)C1=O. The summed E-state index contributed by atoms with van der Waals surface area (Å²) in [5.41, 5.74) is 0. The highest BCUT2D eigenvalue weighted by Crippen LogP contribution is 2.14. The normalized spacial score (nSPS) is 28.2. The maximum Gasteiger partial charge on any atom is 0.500 e. The Morgan fingerprint density at radius 1 is 1.38 bits per heavy atom. The lowest BCUT2D eigenvalue weighted by Gasteiger charge is -2.32. The molecule has 6 heteroatoms. The maximum absolute atomic E-state index is 12.0. The van der Waals surface area contributed by atoms with E-state index in [1.54, 1.807) is 20.3 Å². The van der Waals surface area contributed by atoms with E-state index in [0.717, 1.165) is 24.6 Å². The average Bonchev–Trinajstić information content (AvgIpc) is 2.32. The molecule has 2 heterocycles. The van der Waals surface area contributed by atoms with E-state index in [1.807, 2.05) is 11.8 Å². The first-order valence-electron chi connectivity index (χ1n) is 5.32. The Balaban J connectivity index is 2.20. The van der Waals surface area contributed by atoms with Gasteiger partial charge in [0.1, 0.15) is 6.21 Å². The second kappa shape index (κ2) is 4.55. The molecule has 0 aliphatic carbocycles. The number of hydrogen-bond acceptors (Lipinski definition) is 4. The van der Waals surface area contributed by atoms with Gasteiger partial charge < -0.3 is 0 Å². The van der Waals surface area contributed by atoms with Crippen LogP contribution in [0.25, 0.3) is 0 Å². The van der Waals surface area contributed by atoms with E-state index in [4.69, 9.17) is 0 Å². The minimum Gasteiger partial charge on any atom is -0.282 e. The van der Waals surface area contributed by atoms with Crippen molar-refractivity contribution >= 4 is 29.9 Å². The summed E-state index contributed by atoms with van der Waals surface area (Å²) >= 11 is 1.91. The van der Waals surface area contributed by atoms with Crippen molar-refractivity contribution in [2.75, 3.05) is 38.7 Å². The summed E-state index contributed by atoms with van der Waals surface area (Å²) in [5, 5.41) is 0. The Kier molecular flexibility index (Phi) is 3.30. The number of nitrogens with zero attached hydrogens (tertiary/aromatic N) is 3. The van der Waals surface area contributed by atoms with Crippen LogP contribution in [0.15, 0.2) is 0 Å². The van der Waals surface area contributed by atoms with Crippen molar-refractivity contribution in [2.24, 2.45) is 0 Å². The predicted molar refractivity (Wildman–Crippen MR) is 63.1 cm³/mol. The molecule has 2 rings (SSSR count). The Hall–Kier alpha value is -0.880. The second-order valence-corrected chi connectivity index (χ2v) is 5.26. The fourth-order valence-electron chi connectivity index (χ4n) is 1.97. The monoisotopic (exact) mass is 242 g/mol. The summed E-state index contributed by atoms with van der Waals surface area (Å²) in [4.78, 5) is 26.9. The minimum atomic E-state index is -0.270. The van der Waals surface area contributed by atoms with Gasteiger partial charge in [-0.1, -0.05) is 0 Å². The Bertz CT molecular complexity index is 350. The number of amides is 3. The summed E-state index contributed by atoms with van der Waals surface area (Å²) in [5.74, 6) is 1.99. The second-order valence-electron chi connectivity index (χ2n) is 4.03. The van der Waals surface area contributed by atoms with Crippen molar-refractivity contribution in [3.05, 3.63) is 0 Å². The number of imide groups is 1. The van der Waals surface area contributed by atoms with Gasteiger partial charge >= 0.3 is 11.9 Å². The summed E-state index contributed by atoms with van der Waals surface area (Å²) in [6.45, 7) is 1.82. The van der Waals surface area contributed by atoms with Crippen LogP contribution in [0.4, 0.5) is 4.79 Å². The molecule has 1 saturated heterocycles. The number of thioether (sulfide) groups is 1. The zero-order valence-corrected chi connectivity index (χ0v) is 10.4. The quantitative estimate of drug-likeness (QED) is 0.593. The number of urea groups is 1. The van der Waals surface area contributed by atoms with Gasteiger partial charge in [0.25, 0.3) is 0 Å². The molecule has 0 radical (unpaired) electrons. The highest BCUT2D eigenvalue weighted by molar-refractivity contribution is 7.99. The van der Waals surface area contributed by atoms with Crippen molar-refractivity contribution in [3.63, 3.8) is 0 Å². The van der Waals surface area contributed by atoms with Crippen LogP contribution >= 0.6 is 11.8 Å². The molecule has 0 aromatic carbocycles. The Labute approximate surface area is 99.1 Å². The fourth-order valence-corrected chi connectivity index (χ4v) is 2.91. The van der Waals surface area contributed by atoms with Crippen molar-refractivity contribution in [1.29, 1.82) is 0 Å². The first-order chi connectivity index (χ1) is 7.61. The number of carbonyl (C=O) groups excluding carboxylic acids is 2. The van der Waals surface area contributed by atoms with E-state index in [2.05, 4.69) is 4.90 Å². The first-order valence-corrected chi connectivity index (χ1v) is 6.48. The van der Waals surface area contributed by atoms with Gasteiger partial charge in [-0.2, -0.15) is 21.5 Å². The minimum absolute atomic E-state index is 0.116. The molecule has 0 bridgehead atoms. The van der Waals surface area contributed by atoms with E-state index < -0.39 is 0 Å². The smallest absolute Gasteiger partial charge is 0.282 e. The van der Waals surface area contributed by atoms with Crippen LogP contribution in [-0.2, 0) is 4.79 Å². The molecular formula is C10H16N3O2S+. The van der Waals surface area contributed by atoms with Gasteiger partial charge in [0.05, 0.1) is 14.1 Å². The highest BCUT2D eigenvalue weighted by Gasteiger charge is 2.41. The molecule has 3 amide bonds. The van der Waals surface area contributed by atoms with Crippen LogP contribution in [0, 0.1) is 0 Å². The van der Waals surface area contributed by atoms with Gasteiger partial charge in [0, 0.05) is 24.6 Å². The van der Waals surface area contributed by atoms with Crippen LogP contribution in [0.2, 0.25) is 0 Å². The van der Waals surface area contributed by atoms with Gasteiger partial charge in [-0.25, -0.2) is 9.37 Å². The number of rotatable bonds is 1. The van der Waals surface area contributed by atoms with E-state index in [-0.39, 0.29) is 18.0 Å². The third kappa shape index (κ3) is 1.99. The van der Waals surface area contributed by atoms with Gasteiger partial charge in [-0.15, -0.1) is 0 Å².